The van der Waals surface area contributed by atoms with E-state index in [2.05, 4.69) is 20.6 Å². The summed E-state index contributed by atoms with van der Waals surface area (Å²) in [4.78, 5) is 22.8. The molecule has 1 saturated heterocycles. The third kappa shape index (κ3) is 6.89. The number of likely N-dealkylation sites (tertiary alicyclic amines) is 1. The fraction of sp³-hybridized carbons (Fsp3) is 0.483. The van der Waals surface area contributed by atoms with Crippen LogP contribution in [0.3, 0.4) is 0 Å². The largest absolute Gasteiger partial charge is 0.493 e. The van der Waals surface area contributed by atoms with Crippen LogP contribution in [0, 0.1) is 5.82 Å². The zero-order valence-electron chi connectivity index (χ0n) is 22.2. The van der Waals surface area contributed by atoms with Gasteiger partial charge in [-0.3, -0.25) is 4.79 Å². The second-order valence-corrected chi connectivity index (χ2v) is 10.6. The van der Waals surface area contributed by atoms with Crippen molar-refractivity contribution in [3.63, 3.8) is 0 Å². The molecule has 3 aromatic rings. The molecule has 2 aliphatic rings. The third-order valence-electron chi connectivity index (χ3n) is 7.53. The minimum atomic E-state index is -0.478. The van der Waals surface area contributed by atoms with Gasteiger partial charge in [0.05, 0.1) is 23.8 Å². The molecular weight excluding hydrogens is 521 g/mol. The second-order valence-electron chi connectivity index (χ2n) is 10.2. The highest BCUT2D eigenvalue weighted by Crippen LogP contribution is 2.37. The van der Waals surface area contributed by atoms with Gasteiger partial charge >= 0.3 is 0 Å². The van der Waals surface area contributed by atoms with Crippen LogP contribution in [0.2, 0.25) is 5.02 Å². The molecule has 1 aromatic heterocycles. The van der Waals surface area contributed by atoms with E-state index in [9.17, 15) is 9.18 Å². The SMILES string of the molecule is COc1cc2ncnc(Nc3ccc(F)c(Cl)c3)c2cc1OC1CCC(NCCCN2CCCCC2=O)CC1. The van der Waals surface area contributed by atoms with Crippen LogP contribution in [0.1, 0.15) is 51.4 Å². The number of aromatic nitrogens is 2. The van der Waals surface area contributed by atoms with Gasteiger partial charge in [-0.1, -0.05) is 11.6 Å². The van der Waals surface area contributed by atoms with Gasteiger partial charge in [0.25, 0.3) is 0 Å². The molecule has 0 spiro atoms. The smallest absolute Gasteiger partial charge is 0.222 e. The van der Waals surface area contributed by atoms with E-state index in [1.165, 1.54) is 18.5 Å². The Bertz CT molecular complexity index is 1300. The molecule has 5 rings (SSSR count). The minimum absolute atomic E-state index is 0.0336. The number of carbonyl (C=O) groups excluding carboxylic acids is 1. The van der Waals surface area contributed by atoms with E-state index in [4.69, 9.17) is 21.1 Å². The van der Waals surface area contributed by atoms with Crippen LogP contribution in [0.5, 0.6) is 11.5 Å². The minimum Gasteiger partial charge on any atom is -0.493 e. The number of benzene rings is 2. The Balaban J connectivity index is 1.18. The van der Waals surface area contributed by atoms with Crippen molar-refractivity contribution >= 4 is 39.9 Å². The number of fused-ring (bicyclic) bond motifs is 1. The summed E-state index contributed by atoms with van der Waals surface area (Å²) in [5.41, 5.74) is 1.32. The number of hydrogen-bond donors (Lipinski definition) is 2. The Morgan fingerprint density at radius 1 is 1.10 bits per heavy atom. The summed E-state index contributed by atoms with van der Waals surface area (Å²) in [6, 6.07) is 8.64. The van der Waals surface area contributed by atoms with Crippen molar-refractivity contribution in [1.29, 1.82) is 0 Å². The van der Waals surface area contributed by atoms with E-state index in [1.54, 1.807) is 13.2 Å². The predicted molar refractivity (Wildman–Crippen MR) is 151 cm³/mol. The van der Waals surface area contributed by atoms with Crippen LogP contribution in [0.25, 0.3) is 10.9 Å². The van der Waals surface area contributed by atoms with Crippen molar-refractivity contribution in [1.82, 2.24) is 20.2 Å². The number of nitrogens with one attached hydrogen (secondary N) is 2. The monoisotopic (exact) mass is 555 g/mol. The van der Waals surface area contributed by atoms with Crippen molar-refractivity contribution in [2.75, 3.05) is 32.1 Å². The Morgan fingerprint density at radius 3 is 2.72 bits per heavy atom. The number of carbonyl (C=O) groups is 1. The number of rotatable bonds is 10. The maximum Gasteiger partial charge on any atom is 0.222 e. The fourth-order valence-electron chi connectivity index (χ4n) is 5.36. The van der Waals surface area contributed by atoms with E-state index in [0.29, 0.717) is 46.9 Å². The highest BCUT2D eigenvalue weighted by Gasteiger charge is 2.24. The van der Waals surface area contributed by atoms with Crippen LogP contribution >= 0.6 is 11.6 Å². The Kier molecular flexibility index (Phi) is 8.98. The molecule has 1 aliphatic heterocycles. The summed E-state index contributed by atoms with van der Waals surface area (Å²) in [5.74, 6) is 1.65. The number of nitrogens with zero attached hydrogens (tertiary/aromatic N) is 3. The highest BCUT2D eigenvalue weighted by molar-refractivity contribution is 6.31. The molecule has 208 valence electrons. The van der Waals surface area contributed by atoms with Gasteiger partial charge in [0.15, 0.2) is 11.5 Å². The first-order chi connectivity index (χ1) is 19.0. The lowest BCUT2D eigenvalue weighted by molar-refractivity contribution is -0.133. The lowest BCUT2D eigenvalue weighted by atomic mass is 9.93. The van der Waals surface area contributed by atoms with E-state index in [0.717, 1.165) is 70.0 Å². The summed E-state index contributed by atoms with van der Waals surface area (Å²) in [5, 5.41) is 7.67. The molecule has 39 heavy (non-hydrogen) atoms. The van der Waals surface area contributed by atoms with Crippen LogP contribution in [0.15, 0.2) is 36.7 Å². The molecule has 1 aliphatic carbocycles. The number of anilines is 2. The average molecular weight is 556 g/mol. The fourth-order valence-corrected chi connectivity index (χ4v) is 5.55. The van der Waals surface area contributed by atoms with Gasteiger partial charge in [0.1, 0.15) is 18.0 Å². The molecule has 2 heterocycles. The van der Waals surface area contributed by atoms with Crippen molar-refractivity contribution in [3.05, 3.63) is 47.5 Å². The van der Waals surface area contributed by atoms with E-state index in [1.807, 2.05) is 17.0 Å². The average Bonchev–Trinajstić information content (AvgIpc) is 2.95. The molecule has 0 bridgehead atoms. The molecule has 1 saturated carbocycles. The Morgan fingerprint density at radius 2 is 1.95 bits per heavy atom. The van der Waals surface area contributed by atoms with Crippen molar-refractivity contribution < 1.29 is 18.7 Å². The predicted octanol–water partition coefficient (Wildman–Crippen LogP) is 5.86. The maximum atomic E-state index is 13.6. The summed E-state index contributed by atoms with van der Waals surface area (Å²) in [6.45, 7) is 2.68. The van der Waals surface area contributed by atoms with Gasteiger partial charge in [0.2, 0.25) is 5.91 Å². The number of hydrogen-bond acceptors (Lipinski definition) is 7. The molecule has 0 atom stereocenters. The van der Waals surface area contributed by atoms with Crippen molar-refractivity contribution in [3.8, 4) is 11.5 Å². The first-order valence-electron chi connectivity index (χ1n) is 13.7. The summed E-state index contributed by atoms with van der Waals surface area (Å²) >= 11 is 5.95. The van der Waals surface area contributed by atoms with Crippen LogP contribution < -0.4 is 20.1 Å². The van der Waals surface area contributed by atoms with Gasteiger partial charge < -0.3 is 25.0 Å². The molecule has 8 nitrogen and oxygen atoms in total. The lowest BCUT2D eigenvalue weighted by Crippen LogP contribution is -2.39. The van der Waals surface area contributed by atoms with E-state index < -0.39 is 5.82 Å². The molecule has 1 amide bonds. The van der Waals surface area contributed by atoms with Crippen LogP contribution in [-0.2, 0) is 4.79 Å². The molecule has 0 unspecified atom stereocenters. The Labute approximate surface area is 233 Å². The third-order valence-corrected chi connectivity index (χ3v) is 7.82. The highest BCUT2D eigenvalue weighted by atomic mass is 35.5. The molecule has 0 radical (unpaired) electrons. The van der Waals surface area contributed by atoms with E-state index in [-0.39, 0.29) is 11.1 Å². The lowest BCUT2D eigenvalue weighted by Gasteiger charge is -2.31. The molecular formula is C29H35ClFN5O3. The van der Waals surface area contributed by atoms with Gasteiger partial charge in [0, 0.05) is 42.7 Å². The van der Waals surface area contributed by atoms with Crippen LogP contribution in [0.4, 0.5) is 15.9 Å². The van der Waals surface area contributed by atoms with E-state index >= 15 is 0 Å². The summed E-state index contributed by atoms with van der Waals surface area (Å²) < 4.78 is 25.7. The first kappa shape index (κ1) is 27.4. The number of piperidine rings is 1. The zero-order valence-corrected chi connectivity index (χ0v) is 23.0. The van der Waals surface area contributed by atoms with Gasteiger partial charge in [-0.05, 0) is 75.8 Å². The first-order valence-corrected chi connectivity index (χ1v) is 14.1. The Hall–Kier alpha value is -3.17. The quantitative estimate of drug-likeness (QED) is 0.303. The maximum absolute atomic E-state index is 13.6. The summed E-state index contributed by atoms with van der Waals surface area (Å²) in [7, 11) is 1.62. The number of methoxy groups -OCH3 is 1. The molecule has 2 N–H and O–H groups in total. The molecule has 10 heteroatoms. The van der Waals surface area contributed by atoms with Crippen molar-refractivity contribution in [2.45, 2.75) is 63.5 Å². The van der Waals surface area contributed by atoms with Gasteiger partial charge in [-0.15, -0.1) is 0 Å². The van der Waals surface area contributed by atoms with Crippen molar-refractivity contribution in [2.24, 2.45) is 0 Å². The molecule has 2 aromatic carbocycles. The second kappa shape index (κ2) is 12.8. The molecule has 2 fully saturated rings. The number of amides is 1. The zero-order chi connectivity index (χ0) is 27.2. The summed E-state index contributed by atoms with van der Waals surface area (Å²) in [6.07, 6.45) is 9.33. The van der Waals surface area contributed by atoms with Gasteiger partial charge in [-0.2, -0.15) is 0 Å². The van der Waals surface area contributed by atoms with Crippen LogP contribution in [-0.4, -0.2) is 59.7 Å². The van der Waals surface area contributed by atoms with Gasteiger partial charge in [-0.25, -0.2) is 14.4 Å². The number of halogens is 2. The topological polar surface area (TPSA) is 88.6 Å². The normalized spacial score (nSPS) is 19.8. The standard InChI is InChI=1S/C29H35ClFN5O3/c1-38-26-17-25-22(29(34-18-33-25)35-20-8-11-24(31)23(30)15-20)16-27(26)39-21-9-6-19(7-10-21)32-12-4-14-36-13-3-2-5-28(36)37/h8,11,15-19,21,32H,2-7,9-10,12-14H2,1H3,(H,33,34,35). The number of ether oxygens (including phenoxy) is 2.